The standard InChI is InChI=1S/C42H68N2O5/c1-27(2)28-13-18-42(25-33(45)44-23-21-43(10)22-24-44)20-19-40(8)29(35(28)42)11-12-31-39(7)16-15-32(49-34(46)26-37(3,4)36(47)48)38(5,6)30(39)14-17-41(31,40)9/h28-32,35H,1,11-26H2,2-10H3,(H,47,48)/t28-,29+,30-,31+,32-,35+,39-,40+,41+,42+/m0/s1. The molecule has 0 radical (unpaired) electrons. The summed E-state index contributed by atoms with van der Waals surface area (Å²) >= 11 is 0. The summed E-state index contributed by atoms with van der Waals surface area (Å²) in [6.07, 6.45) is 11.8. The van der Waals surface area contributed by atoms with Crippen molar-refractivity contribution >= 4 is 17.8 Å². The lowest BCUT2D eigenvalue weighted by molar-refractivity contribution is -0.250. The molecular formula is C42H68N2O5. The van der Waals surface area contributed by atoms with Crippen LogP contribution in [-0.4, -0.2) is 72.1 Å². The van der Waals surface area contributed by atoms with Crippen molar-refractivity contribution in [2.45, 2.75) is 139 Å². The fourth-order valence-corrected chi connectivity index (χ4v) is 13.9. The molecule has 1 amide bonds. The smallest absolute Gasteiger partial charge is 0.309 e. The molecule has 7 nitrogen and oxygen atoms in total. The number of hydrogen-bond donors (Lipinski definition) is 1. The molecule has 0 aromatic carbocycles. The van der Waals surface area contributed by atoms with Crippen LogP contribution in [0, 0.1) is 62.1 Å². The number of carbonyl (C=O) groups is 3. The molecular weight excluding hydrogens is 612 g/mol. The van der Waals surface area contributed by atoms with Crippen LogP contribution in [0.1, 0.15) is 132 Å². The molecule has 7 heteroatoms. The number of ether oxygens (including phenoxy) is 1. The van der Waals surface area contributed by atoms with Gasteiger partial charge in [-0.25, -0.2) is 0 Å². The molecule has 5 saturated carbocycles. The molecule has 1 N–H and O–H groups in total. The molecule has 1 aliphatic heterocycles. The molecule has 10 atom stereocenters. The maximum absolute atomic E-state index is 14.0. The monoisotopic (exact) mass is 681 g/mol. The molecule has 6 aliphatic rings. The van der Waals surface area contributed by atoms with Gasteiger partial charge < -0.3 is 19.6 Å². The van der Waals surface area contributed by atoms with Gasteiger partial charge in [0.2, 0.25) is 5.91 Å². The summed E-state index contributed by atoms with van der Waals surface area (Å²) in [6.45, 7) is 26.2. The molecule has 0 spiro atoms. The quantitative estimate of drug-likeness (QED) is 0.215. The Morgan fingerprint density at radius 2 is 1.51 bits per heavy atom. The second-order valence-corrected chi connectivity index (χ2v) is 20.1. The Hall–Kier alpha value is -1.89. The third-order valence-electron chi connectivity index (χ3n) is 17.0. The van der Waals surface area contributed by atoms with E-state index in [-0.39, 0.29) is 45.6 Å². The van der Waals surface area contributed by atoms with Crippen molar-refractivity contribution in [1.82, 2.24) is 9.80 Å². The van der Waals surface area contributed by atoms with E-state index in [1.54, 1.807) is 13.8 Å². The number of carbonyl (C=O) groups excluding carboxylic acids is 2. The summed E-state index contributed by atoms with van der Waals surface area (Å²) < 4.78 is 6.18. The van der Waals surface area contributed by atoms with E-state index >= 15 is 0 Å². The number of allylic oxidation sites excluding steroid dienone is 1. The molecule has 6 fully saturated rings. The zero-order valence-corrected chi connectivity index (χ0v) is 32.5. The second kappa shape index (κ2) is 12.4. The minimum absolute atomic E-state index is 0.0949. The van der Waals surface area contributed by atoms with E-state index in [9.17, 15) is 19.5 Å². The number of likely N-dealkylation sites (N-methyl/N-ethyl adjacent to an activating group) is 1. The predicted molar refractivity (Wildman–Crippen MR) is 194 cm³/mol. The first-order chi connectivity index (χ1) is 22.7. The Kier molecular flexibility index (Phi) is 9.31. The van der Waals surface area contributed by atoms with E-state index in [1.165, 1.54) is 44.1 Å². The van der Waals surface area contributed by atoms with Crippen molar-refractivity contribution in [3.8, 4) is 0 Å². The Morgan fingerprint density at radius 1 is 0.837 bits per heavy atom. The summed E-state index contributed by atoms with van der Waals surface area (Å²) in [5, 5.41) is 9.60. The van der Waals surface area contributed by atoms with E-state index in [0.717, 1.165) is 58.3 Å². The highest BCUT2D eigenvalue weighted by atomic mass is 16.5. The number of esters is 1. The summed E-state index contributed by atoms with van der Waals surface area (Å²) in [6, 6.07) is 0. The lowest BCUT2D eigenvalue weighted by Crippen LogP contribution is -2.67. The average Bonchev–Trinajstić information content (AvgIpc) is 3.38. The van der Waals surface area contributed by atoms with Crippen molar-refractivity contribution in [3.05, 3.63) is 12.2 Å². The number of hydrogen-bond acceptors (Lipinski definition) is 5. The van der Waals surface area contributed by atoms with Gasteiger partial charge in [0.15, 0.2) is 0 Å². The largest absolute Gasteiger partial charge is 0.481 e. The number of carboxylic acid groups (broad SMARTS) is 1. The molecule has 276 valence electrons. The van der Waals surface area contributed by atoms with Crippen LogP contribution in [-0.2, 0) is 19.1 Å². The summed E-state index contributed by atoms with van der Waals surface area (Å²) in [5.74, 6) is 1.73. The van der Waals surface area contributed by atoms with Crippen LogP contribution in [0.4, 0.5) is 0 Å². The van der Waals surface area contributed by atoms with Crippen LogP contribution in [0.2, 0.25) is 0 Å². The summed E-state index contributed by atoms with van der Waals surface area (Å²) in [4.78, 5) is 43.3. The Bertz CT molecular complexity index is 1350. The molecule has 1 saturated heterocycles. The summed E-state index contributed by atoms with van der Waals surface area (Å²) in [5.41, 5.74) is 0.679. The number of piperazine rings is 1. The minimum atomic E-state index is -1.14. The van der Waals surface area contributed by atoms with Crippen molar-refractivity contribution in [3.63, 3.8) is 0 Å². The van der Waals surface area contributed by atoms with E-state index in [1.807, 2.05) is 0 Å². The van der Waals surface area contributed by atoms with Gasteiger partial charge in [-0.1, -0.05) is 46.8 Å². The lowest BCUT2D eigenvalue weighted by atomic mass is 9.32. The van der Waals surface area contributed by atoms with Gasteiger partial charge >= 0.3 is 11.9 Å². The zero-order valence-electron chi connectivity index (χ0n) is 32.5. The topological polar surface area (TPSA) is 87.2 Å². The van der Waals surface area contributed by atoms with Crippen LogP contribution in [0.25, 0.3) is 0 Å². The fraction of sp³-hybridized carbons (Fsp3) is 0.881. The number of fused-ring (bicyclic) bond motifs is 7. The van der Waals surface area contributed by atoms with Gasteiger partial charge in [0.1, 0.15) is 6.10 Å². The van der Waals surface area contributed by atoms with Crippen LogP contribution in [0.5, 0.6) is 0 Å². The van der Waals surface area contributed by atoms with Gasteiger partial charge in [-0.2, -0.15) is 0 Å². The fourth-order valence-electron chi connectivity index (χ4n) is 13.9. The van der Waals surface area contributed by atoms with Crippen LogP contribution >= 0.6 is 0 Å². The van der Waals surface area contributed by atoms with Crippen molar-refractivity contribution < 1.29 is 24.2 Å². The molecule has 0 bridgehead atoms. The van der Waals surface area contributed by atoms with E-state index in [4.69, 9.17) is 4.74 Å². The normalized spacial score (nSPS) is 43.4. The van der Waals surface area contributed by atoms with Crippen LogP contribution in [0.15, 0.2) is 12.2 Å². The molecule has 5 aliphatic carbocycles. The molecule has 0 unspecified atom stereocenters. The van der Waals surface area contributed by atoms with Gasteiger partial charge in [0.25, 0.3) is 0 Å². The third-order valence-corrected chi connectivity index (χ3v) is 17.0. The van der Waals surface area contributed by atoms with Crippen LogP contribution in [0.3, 0.4) is 0 Å². The van der Waals surface area contributed by atoms with Crippen molar-refractivity contribution in [2.75, 3.05) is 33.2 Å². The van der Waals surface area contributed by atoms with Gasteiger partial charge in [0, 0.05) is 38.0 Å². The lowest BCUT2D eigenvalue weighted by Gasteiger charge is -2.73. The Balaban J connectivity index is 1.24. The molecule has 49 heavy (non-hydrogen) atoms. The minimum Gasteiger partial charge on any atom is -0.481 e. The van der Waals surface area contributed by atoms with Crippen molar-refractivity contribution in [2.24, 2.45) is 62.1 Å². The molecule has 0 aromatic rings. The van der Waals surface area contributed by atoms with Crippen LogP contribution < -0.4 is 0 Å². The van der Waals surface area contributed by atoms with Crippen molar-refractivity contribution in [1.29, 1.82) is 0 Å². The highest BCUT2D eigenvalue weighted by molar-refractivity contribution is 5.81. The SMILES string of the molecule is C=C(C)[C@@H]1CC[C@]2(CC(=O)N3CCN(C)CC3)CC[C@]3(C)[C@H](CC[C@@H]4[C@@]5(C)CC[C@H](OC(=O)CC(C)(C)C(=O)O)C(C)(C)[C@@H]5CC[C@]43C)[C@@H]12. The molecule has 6 rings (SSSR count). The Labute approximate surface area is 297 Å². The first kappa shape index (κ1) is 36.9. The Morgan fingerprint density at radius 3 is 2.14 bits per heavy atom. The summed E-state index contributed by atoms with van der Waals surface area (Å²) in [7, 11) is 2.16. The molecule has 0 aromatic heterocycles. The van der Waals surface area contributed by atoms with Gasteiger partial charge in [-0.15, -0.1) is 0 Å². The van der Waals surface area contributed by atoms with E-state index in [0.29, 0.717) is 35.5 Å². The second-order valence-electron chi connectivity index (χ2n) is 20.1. The highest BCUT2D eigenvalue weighted by Crippen LogP contribution is 2.78. The zero-order chi connectivity index (χ0) is 35.9. The third kappa shape index (κ3) is 5.73. The highest BCUT2D eigenvalue weighted by Gasteiger charge is 2.71. The first-order valence-corrected chi connectivity index (χ1v) is 19.8. The van der Waals surface area contributed by atoms with Gasteiger partial charge in [-0.3, -0.25) is 14.4 Å². The van der Waals surface area contributed by atoms with Gasteiger partial charge in [-0.05, 0) is 143 Å². The van der Waals surface area contributed by atoms with E-state index in [2.05, 4.69) is 65.0 Å². The molecule has 1 heterocycles. The predicted octanol–water partition coefficient (Wildman–Crippen LogP) is 8.22. The number of nitrogens with zero attached hydrogens (tertiary/aromatic N) is 2. The first-order valence-electron chi connectivity index (χ1n) is 19.8. The van der Waals surface area contributed by atoms with E-state index < -0.39 is 11.4 Å². The maximum Gasteiger partial charge on any atom is 0.309 e. The maximum atomic E-state index is 14.0. The number of aliphatic carboxylic acids is 1. The number of carboxylic acids is 1. The number of amides is 1. The average molecular weight is 681 g/mol. The van der Waals surface area contributed by atoms with Gasteiger partial charge in [0.05, 0.1) is 11.8 Å². The number of rotatable bonds is 7.